The summed E-state index contributed by atoms with van der Waals surface area (Å²) in [6.45, 7) is 6.45. The van der Waals surface area contributed by atoms with Crippen LogP contribution in [-0.4, -0.2) is 18.9 Å². The first-order valence-corrected chi connectivity index (χ1v) is 4.85. The molecule has 0 aliphatic carbocycles. The zero-order valence-electron chi connectivity index (χ0n) is 8.44. The molecule has 0 aromatic rings. The molecule has 0 aromatic carbocycles. The topological polar surface area (TPSA) is 12.4 Å². The number of rotatable bonds is 6. The van der Waals surface area contributed by atoms with E-state index in [1.54, 1.807) is 0 Å². The highest BCUT2D eigenvalue weighted by atomic mass is 19.1. The lowest BCUT2D eigenvalue weighted by Gasteiger charge is -2.11. The third-order valence-electron chi connectivity index (χ3n) is 2.09. The molecule has 0 aliphatic heterocycles. The van der Waals surface area contributed by atoms with Crippen molar-refractivity contribution in [2.75, 3.05) is 13.2 Å². The van der Waals surface area contributed by atoms with Crippen LogP contribution < -0.4 is 0 Å². The third kappa shape index (κ3) is 4.47. The Morgan fingerprint density at radius 3 is 2.50 bits per heavy atom. The maximum Gasteiger partial charge on any atom is 0.109 e. The number of halogens is 1. The Kier molecular flexibility index (Phi) is 7.02. The van der Waals surface area contributed by atoms with Crippen molar-refractivity contribution in [1.29, 1.82) is 0 Å². The molecule has 1 nitrogen and oxygen atoms in total. The lowest BCUT2D eigenvalue weighted by molar-refractivity contribution is 0.503. The van der Waals surface area contributed by atoms with E-state index in [9.17, 15) is 4.39 Å². The van der Waals surface area contributed by atoms with E-state index in [0.29, 0.717) is 12.5 Å². The molecule has 12 heavy (non-hydrogen) atoms. The van der Waals surface area contributed by atoms with E-state index in [4.69, 9.17) is 0 Å². The molecule has 0 spiro atoms. The van der Waals surface area contributed by atoms with Crippen molar-refractivity contribution in [3.63, 3.8) is 0 Å². The van der Waals surface area contributed by atoms with E-state index < -0.39 is 0 Å². The Morgan fingerprint density at radius 2 is 2.08 bits per heavy atom. The first kappa shape index (κ1) is 11.6. The second kappa shape index (κ2) is 7.26. The number of alkyl halides is 1. The summed E-state index contributed by atoms with van der Waals surface area (Å²) < 4.78 is 11.9. The van der Waals surface area contributed by atoms with E-state index >= 15 is 0 Å². The predicted octanol–water partition coefficient (Wildman–Crippen LogP) is 3.24. The van der Waals surface area contributed by atoms with E-state index in [-0.39, 0.29) is 6.67 Å². The predicted molar refractivity (Wildman–Crippen MR) is 52.6 cm³/mol. The van der Waals surface area contributed by atoms with Gasteiger partial charge >= 0.3 is 0 Å². The normalized spacial score (nSPS) is 14.8. The highest BCUT2D eigenvalue weighted by Crippen LogP contribution is 2.09. The van der Waals surface area contributed by atoms with Crippen LogP contribution in [0, 0.1) is 5.92 Å². The summed E-state index contributed by atoms with van der Waals surface area (Å²) in [4.78, 5) is 4.24. The molecule has 0 fully saturated rings. The first-order chi connectivity index (χ1) is 5.76. The van der Waals surface area contributed by atoms with Gasteiger partial charge in [0.25, 0.3) is 0 Å². The quantitative estimate of drug-likeness (QED) is 0.547. The zero-order chi connectivity index (χ0) is 9.40. The van der Waals surface area contributed by atoms with Gasteiger partial charge in [0.2, 0.25) is 0 Å². The average molecular weight is 173 g/mol. The van der Waals surface area contributed by atoms with Crippen LogP contribution in [-0.2, 0) is 0 Å². The van der Waals surface area contributed by atoms with Crippen LogP contribution in [0.15, 0.2) is 4.99 Å². The molecule has 72 valence electrons. The maximum atomic E-state index is 11.9. The van der Waals surface area contributed by atoms with Gasteiger partial charge in [-0.05, 0) is 18.8 Å². The first-order valence-electron chi connectivity index (χ1n) is 4.85. The molecule has 0 aromatic heterocycles. The highest BCUT2D eigenvalue weighted by Gasteiger charge is 2.06. The van der Waals surface area contributed by atoms with Crippen molar-refractivity contribution in [2.24, 2.45) is 10.9 Å². The van der Waals surface area contributed by atoms with Gasteiger partial charge in [-0.2, -0.15) is 0 Å². The Morgan fingerprint density at radius 1 is 1.42 bits per heavy atom. The second-order valence-electron chi connectivity index (χ2n) is 3.12. The lowest BCUT2D eigenvalue weighted by Crippen LogP contribution is -2.11. The van der Waals surface area contributed by atoms with Crippen molar-refractivity contribution < 1.29 is 4.39 Å². The fraction of sp³-hybridized carbons (Fsp3) is 0.900. The SMILES string of the molecule is CCCC(=NCCF)C(C)CC. The Hall–Kier alpha value is -0.400. The van der Waals surface area contributed by atoms with Crippen molar-refractivity contribution >= 4 is 5.71 Å². The smallest absolute Gasteiger partial charge is 0.109 e. The molecular formula is C10H20FN. The van der Waals surface area contributed by atoms with Crippen LogP contribution in [0.5, 0.6) is 0 Å². The van der Waals surface area contributed by atoms with Gasteiger partial charge in [0.1, 0.15) is 6.67 Å². The summed E-state index contributed by atoms with van der Waals surface area (Å²) >= 11 is 0. The minimum absolute atomic E-state index is 0.330. The summed E-state index contributed by atoms with van der Waals surface area (Å²) in [5.41, 5.74) is 1.19. The molecule has 0 N–H and O–H groups in total. The van der Waals surface area contributed by atoms with Crippen molar-refractivity contribution in [2.45, 2.75) is 40.0 Å². The van der Waals surface area contributed by atoms with E-state index in [2.05, 4.69) is 25.8 Å². The molecule has 0 aliphatic rings. The van der Waals surface area contributed by atoms with Crippen LogP contribution in [0.1, 0.15) is 40.0 Å². The van der Waals surface area contributed by atoms with E-state index in [1.807, 2.05) is 0 Å². The van der Waals surface area contributed by atoms with Gasteiger partial charge in [0.15, 0.2) is 0 Å². The summed E-state index contributed by atoms with van der Waals surface area (Å²) in [5.74, 6) is 0.525. The van der Waals surface area contributed by atoms with Gasteiger partial charge in [-0.25, -0.2) is 4.39 Å². The zero-order valence-corrected chi connectivity index (χ0v) is 8.44. The number of aliphatic imine (C=N–C) groups is 1. The maximum absolute atomic E-state index is 11.9. The van der Waals surface area contributed by atoms with E-state index in [0.717, 1.165) is 19.3 Å². The summed E-state index contributed by atoms with van der Waals surface area (Å²) in [5, 5.41) is 0. The molecular weight excluding hydrogens is 153 g/mol. The minimum atomic E-state index is -0.330. The average Bonchev–Trinajstić information content (AvgIpc) is 2.11. The highest BCUT2D eigenvalue weighted by molar-refractivity contribution is 5.86. The Bertz CT molecular complexity index is 132. The van der Waals surface area contributed by atoms with Gasteiger partial charge in [0.05, 0.1) is 6.54 Å². The minimum Gasteiger partial charge on any atom is -0.291 e. The van der Waals surface area contributed by atoms with E-state index in [1.165, 1.54) is 5.71 Å². The van der Waals surface area contributed by atoms with Crippen LogP contribution in [0.4, 0.5) is 4.39 Å². The molecule has 1 unspecified atom stereocenters. The molecule has 0 heterocycles. The van der Waals surface area contributed by atoms with Crippen molar-refractivity contribution in [3.05, 3.63) is 0 Å². The second-order valence-corrected chi connectivity index (χ2v) is 3.12. The monoisotopic (exact) mass is 173 g/mol. The summed E-state index contributed by atoms with van der Waals surface area (Å²) in [7, 11) is 0. The largest absolute Gasteiger partial charge is 0.291 e. The number of hydrogen-bond acceptors (Lipinski definition) is 1. The van der Waals surface area contributed by atoms with Crippen molar-refractivity contribution in [3.8, 4) is 0 Å². The molecule has 0 radical (unpaired) electrons. The lowest BCUT2D eigenvalue weighted by atomic mass is 9.99. The standard InChI is InChI=1S/C10H20FN/c1-4-6-10(9(3)5-2)12-8-7-11/h9H,4-8H2,1-3H3. The Labute approximate surface area is 75.1 Å². The van der Waals surface area contributed by atoms with Crippen LogP contribution in [0.2, 0.25) is 0 Å². The molecule has 0 rings (SSSR count). The van der Waals surface area contributed by atoms with Crippen LogP contribution in [0.3, 0.4) is 0 Å². The van der Waals surface area contributed by atoms with Gasteiger partial charge in [0, 0.05) is 5.71 Å². The third-order valence-corrected chi connectivity index (χ3v) is 2.09. The molecule has 1 atom stereocenters. The van der Waals surface area contributed by atoms with Gasteiger partial charge in [-0.15, -0.1) is 0 Å². The summed E-state index contributed by atoms with van der Waals surface area (Å²) in [6, 6.07) is 0. The Balaban J connectivity index is 4.01. The summed E-state index contributed by atoms with van der Waals surface area (Å²) in [6.07, 6.45) is 3.23. The molecule has 2 heteroatoms. The molecule has 0 amide bonds. The van der Waals surface area contributed by atoms with Crippen molar-refractivity contribution in [1.82, 2.24) is 0 Å². The number of nitrogens with zero attached hydrogens (tertiary/aromatic N) is 1. The molecule has 0 bridgehead atoms. The van der Waals surface area contributed by atoms with Crippen LogP contribution in [0.25, 0.3) is 0 Å². The number of hydrogen-bond donors (Lipinski definition) is 0. The van der Waals surface area contributed by atoms with Gasteiger partial charge < -0.3 is 0 Å². The van der Waals surface area contributed by atoms with Crippen LogP contribution >= 0.6 is 0 Å². The molecule has 0 saturated carbocycles. The molecule has 0 saturated heterocycles. The van der Waals surface area contributed by atoms with Gasteiger partial charge in [-0.3, -0.25) is 4.99 Å². The fourth-order valence-electron chi connectivity index (χ4n) is 1.16. The van der Waals surface area contributed by atoms with Gasteiger partial charge in [-0.1, -0.05) is 27.2 Å². The fourth-order valence-corrected chi connectivity index (χ4v) is 1.16.